The summed E-state index contributed by atoms with van der Waals surface area (Å²) in [5.74, 6) is 3.07. The van der Waals surface area contributed by atoms with E-state index >= 15 is 0 Å². The van der Waals surface area contributed by atoms with E-state index in [2.05, 4.69) is 30.6 Å². The molecular formula is C12H14N8. The van der Waals surface area contributed by atoms with Crippen molar-refractivity contribution in [3.05, 3.63) is 35.9 Å². The molecule has 4 N–H and O–H groups in total. The van der Waals surface area contributed by atoms with Gasteiger partial charge in [0.25, 0.3) is 0 Å². The molecule has 3 aromatic heterocycles. The Hall–Kier alpha value is -2.90. The lowest BCUT2D eigenvalue weighted by Crippen LogP contribution is -2.07. The van der Waals surface area contributed by atoms with Gasteiger partial charge < -0.3 is 11.1 Å². The van der Waals surface area contributed by atoms with Gasteiger partial charge in [-0.05, 0) is 13.8 Å². The van der Waals surface area contributed by atoms with Crippen molar-refractivity contribution in [3.63, 3.8) is 0 Å². The van der Waals surface area contributed by atoms with E-state index < -0.39 is 0 Å². The molecule has 3 rings (SSSR count). The third-order valence-electron chi connectivity index (χ3n) is 2.65. The predicted octanol–water partition coefficient (Wildman–Crippen LogP) is 1.33. The fourth-order valence-corrected chi connectivity index (χ4v) is 1.91. The Balaban J connectivity index is 2.04. The van der Waals surface area contributed by atoms with E-state index in [4.69, 9.17) is 5.73 Å². The summed E-state index contributed by atoms with van der Waals surface area (Å²) in [5, 5.41) is 14.4. The van der Waals surface area contributed by atoms with Crippen molar-refractivity contribution in [3.8, 4) is 5.82 Å². The van der Waals surface area contributed by atoms with Crippen LogP contribution in [0.1, 0.15) is 11.5 Å². The molecule has 0 spiro atoms. The van der Waals surface area contributed by atoms with Crippen LogP contribution in [0, 0.1) is 13.8 Å². The molecule has 0 bridgehead atoms. The van der Waals surface area contributed by atoms with E-state index in [0.717, 1.165) is 11.5 Å². The molecule has 3 heterocycles. The van der Waals surface area contributed by atoms with Crippen molar-refractivity contribution in [2.24, 2.45) is 0 Å². The molecular weight excluding hydrogens is 256 g/mol. The summed E-state index contributed by atoms with van der Waals surface area (Å²) in [5.41, 5.74) is 6.62. The van der Waals surface area contributed by atoms with Gasteiger partial charge in [0.05, 0.1) is 5.69 Å². The summed E-state index contributed by atoms with van der Waals surface area (Å²) in [6.45, 7) is 3.70. The number of nitrogens with two attached hydrogens (primary N) is 1. The minimum Gasteiger partial charge on any atom is -0.384 e. The highest BCUT2D eigenvalue weighted by molar-refractivity contribution is 5.55. The quantitative estimate of drug-likeness (QED) is 0.662. The highest BCUT2D eigenvalue weighted by Gasteiger charge is 2.11. The average molecular weight is 270 g/mol. The summed E-state index contributed by atoms with van der Waals surface area (Å²) in [7, 11) is 0. The first-order valence-corrected chi connectivity index (χ1v) is 6.07. The highest BCUT2D eigenvalue weighted by Crippen LogP contribution is 2.20. The van der Waals surface area contributed by atoms with Gasteiger partial charge in [-0.2, -0.15) is 14.9 Å². The van der Waals surface area contributed by atoms with E-state index in [0.29, 0.717) is 23.3 Å². The first-order valence-electron chi connectivity index (χ1n) is 6.07. The van der Waals surface area contributed by atoms with Crippen LogP contribution < -0.4 is 11.1 Å². The van der Waals surface area contributed by atoms with Crippen LogP contribution in [0.5, 0.6) is 0 Å². The fourth-order valence-electron chi connectivity index (χ4n) is 1.91. The van der Waals surface area contributed by atoms with Gasteiger partial charge in [-0.3, -0.25) is 5.10 Å². The van der Waals surface area contributed by atoms with Crippen molar-refractivity contribution in [2.75, 3.05) is 11.1 Å². The summed E-state index contributed by atoms with van der Waals surface area (Å²) < 4.78 is 1.68. The number of rotatable bonds is 3. The van der Waals surface area contributed by atoms with Gasteiger partial charge in [0.1, 0.15) is 17.5 Å². The van der Waals surface area contributed by atoms with E-state index in [1.807, 2.05) is 19.1 Å². The lowest BCUT2D eigenvalue weighted by Gasteiger charge is -2.08. The lowest BCUT2D eigenvalue weighted by atomic mass is 10.4. The maximum Gasteiger partial charge on any atom is 0.161 e. The molecule has 0 aromatic carbocycles. The number of nitrogen functional groups attached to an aromatic ring is 1. The monoisotopic (exact) mass is 270 g/mol. The molecule has 0 saturated heterocycles. The second-order valence-electron chi connectivity index (χ2n) is 4.37. The number of aromatic nitrogens is 6. The van der Waals surface area contributed by atoms with Gasteiger partial charge in [-0.15, -0.1) is 0 Å². The predicted molar refractivity (Wildman–Crippen MR) is 74.9 cm³/mol. The lowest BCUT2D eigenvalue weighted by molar-refractivity contribution is 0.823. The summed E-state index contributed by atoms with van der Waals surface area (Å²) >= 11 is 0. The molecule has 0 aliphatic rings. The Morgan fingerprint density at radius 1 is 1.25 bits per heavy atom. The zero-order valence-corrected chi connectivity index (χ0v) is 11.1. The molecule has 0 unspecified atom stereocenters. The van der Waals surface area contributed by atoms with Gasteiger partial charge in [0, 0.05) is 24.4 Å². The molecule has 8 nitrogen and oxygen atoms in total. The molecule has 0 amide bonds. The average Bonchev–Trinajstić information content (AvgIpc) is 2.98. The van der Waals surface area contributed by atoms with Crippen molar-refractivity contribution in [1.29, 1.82) is 0 Å². The van der Waals surface area contributed by atoms with Gasteiger partial charge in [0.15, 0.2) is 11.6 Å². The van der Waals surface area contributed by atoms with E-state index in [1.54, 1.807) is 23.9 Å². The Morgan fingerprint density at radius 3 is 2.80 bits per heavy atom. The smallest absolute Gasteiger partial charge is 0.161 e. The number of H-pyrrole nitrogens is 1. The summed E-state index contributed by atoms with van der Waals surface area (Å²) in [6, 6.07) is 5.41. The van der Waals surface area contributed by atoms with E-state index in [-0.39, 0.29) is 0 Å². The maximum absolute atomic E-state index is 5.76. The van der Waals surface area contributed by atoms with Gasteiger partial charge in [0.2, 0.25) is 0 Å². The topological polar surface area (TPSA) is 110 Å². The van der Waals surface area contributed by atoms with Crippen LogP contribution in [0.2, 0.25) is 0 Å². The van der Waals surface area contributed by atoms with Crippen LogP contribution in [0.15, 0.2) is 24.4 Å². The summed E-state index contributed by atoms with van der Waals surface area (Å²) in [4.78, 5) is 8.41. The molecule has 0 atom stereocenters. The molecule has 0 aliphatic carbocycles. The van der Waals surface area contributed by atoms with Crippen molar-refractivity contribution >= 4 is 17.5 Å². The number of aryl methyl sites for hydroxylation is 2. The standard InChI is InChI=1S/C12H14N8/c1-7-5-11(17-10-3-4-14-18-10)20(19-7)12-6-9(13)15-8(2)16-12/h3-6H,1-2H3,(H2,13,15,16)(H2,14,17,18). The number of nitrogens with zero attached hydrogens (tertiary/aromatic N) is 5. The number of hydrogen-bond acceptors (Lipinski definition) is 6. The highest BCUT2D eigenvalue weighted by atomic mass is 15.4. The van der Waals surface area contributed by atoms with E-state index in [9.17, 15) is 0 Å². The molecule has 20 heavy (non-hydrogen) atoms. The fraction of sp³-hybridized carbons (Fsp3) is 0.167. The van der Waals surface area contributed by atoms with Crippen LogP contribution in [-0.4, -0.2) is 29.9 Å². The minimum atomic E-state index is 0.409. The van der Waals surface area contributed by atoms with Gasteiger partial charge in [-0.1, -0.05) is 0 Å². The van der Waals surface area contributed by atoms with Gasteiger partial charge >= 0.3 is 0 Å². The second-order valence-corrected chi connectivity index (χ2v) is 4.37. The van der Waals surface area contributed by atoms with Crippen LogP contribution >= 0.6 is 0 Å². The Kier molecular flexibility index (Phi) is 2.82. The molecule has 0 radical (unpaired) electrons. The zero-order valence-electron chi connectivity index (χ0n) is 11.1. The first-order chi connectivity index (χ1) is 9.61. The minimum absolute atomic E-state index is 0.409. The van der Waals surface area contributed by atoms with Crippen LogP contribution in [0.4, 0.5) is 17.5 Å². The van der Waals surface area contributed by atoms with Crippen LogP contribution in [0.3, 0.4) is 0 Å². The van der Waals surface area contributed by atoms with Crippen LogP contribution in [-0.2, 0) is 0 Å². The zero-order chi connectivity index (χ0) is 14.1. The first kappa shape index (κ1) is 12.2. The van der Waals surface area contributed by atoms with Crippen molar-refractivity contribution in [1.82, 2.24) is 29.9 Å². The van der Waals surface area contributed by atoms with Gasteiger partial charge in [-0.25, -0.2) is 9.97 Å². The maximum atomic E-state index is 5.76. The van der Waals surface area contributed by atoms with E-state index in [1.165, 1.54) is 0 Å². The van der Waals surface area contributed by atoms with Crippen molar-refractivity contribution in [2.45, 2.75) is 13.8 Å². The molecule has 3 aromatic rings. The Morgan fingerprint density at radius 2 is 2.10 bits per heavy atom. The van der Waals surface area contributed by atoms with Crippen molar-refractivity contribution < 1.29 is 0 Å². The molecule has 0 saturated carbocycles. The summed E-state index contributed by atoms with van der Waals surface area (Å²) in [6.07, 6.45) is 1.74. The number of aromatic amines is 1. The number of anilines is 3. The third-order valence-corrected chi connectivity index (χ3v) is 2.65. The normalized spacial score (nSPS) is 10.7. The number of nitrogens with one attached hydrogen (secondary N) is 2. The number of hydrogen-bond donors (Lipinski definition) is 3. The molecule has 0 aliphatic heterocycles. The third kappa shape index (κ3) is 2.30. The second kappa shape index (κ2) is 4.65. The Bertz CT molecular complexity index is 708. The molecule has 0 fully saturated rings. The Labute approximate surface area is 115 Å². The molecule has 102 valence electrons. The largest absolute Gasteiger partial charge is 0.384 e. The molecule has 8 heteroatoms. The SMILES string of the molecule is Cc1cc(Nc2cc[nH]n2)n(-c2cc(N)nc(C)n2)n1. The van der Waals surface area contributed by atoms with Crippen LogP contribution in [0.25, 0.3) is 5.82 Å².